The Morgan fingerprint density at radius 3 is 2.32 bits per heavy atom. The molecule has 1 saturated heterocycles. The van der Waals surface area contributed by atoms with Crippen molar-refractivity contribution in [1.82, 2.24) is 15.5 Å². The zero-order chi connectivity index (χ0) is 14.2. The van der Waals surface area contributed by atoms with E-state index in [0.717, 1.165) is 38.4 Å². The number of carbonyl (C=O) groups is 1. The first-order valence-corrected chi connectivity index (χ1v) is 7.07. The van der Waals surface area contributed by atoms with E-state index in [1.165, 1.54) is 5.56 Å². The van der Waals surface area contributed by atoms with E-state index in [-0.39, 0.29) is 30.7 Å². The minimum Gasteiger partial charge on any atom is -0.379 e. The van der Waals surface area contributed by atoms with Crippen LogP contribution in [0, 0.1) is 0 Å². The summed E-state index contributed by atoms with van der Waals surface area (Å²) in [6.07, 6.45) is 0. The third kappa shape index (κ3) is 7.42. The maximum Gasteiger partial charge on any atom is 0.234 e. The van der Waals surface area contributed by atoms with Crippen molar-refractivity contribution in [1.29, 1.82) is 0 Å². The maximum absolute atomic E-state index is 11.4. The first-order chi connectivity index (χ1) is 9.78. The van der Waals surface area contributed by atoms with Crippen molar-refractivity contribution in [2.75, 3.05) is 39.9 Å². The van der Waals surface area contributed by atoms with Crippen LogP contribution in [0.1, 0.15) is 11.1 Å². The largest absolute Gasteiger partial charge is 0.379 e. The zero-order valence-corrected chi connectivity index (χ0v) is 14.5. The lowest BCUT2D eigenvalue weighted by atomic mass is 10.1. The Morgan fingerprint density at radius 1 is 1.14 bits per heavy atom. The first kappa shape index (κ1) is 21.1. The smallest absolute Gasteiger partial charge is 0.234 e. The highest BCUT2D eigenvalue weighted by molar-refractivity contribution is 5.85. The fraction of sp³-hybridized carbons (Fsp3) is 0.533. The second-order valence-corrected chi connectivity index (χ2v) is 5.01. The fourth-order valence-corrected chi connectivity index (χ4v) is 2.20. The lowest BCUT2D eigenvalue weighted by molar-refractivity contribution is -0.120. The van der Waals surface area contributed by atoms with Crippen LogP contribution in [0.15, 0.2) is 24.3 Å². The molecule has 0 aliphatic carbocycles. The van der Waals surface area contributed by atoms with E-state index in [9.17, 15) is 4.79 Å². The monoisotopic (exact) mass is 349 g/mol. The van der Waals surface area contributed by atoms with E-state index >= 15 is 0 Å². The van der Waals surface area contributed by atoms with Crippen LogP contribution >= 0.6 is 24.8 Å². The van der Waals surface area contributed by atoms with Gasteiger partial charge in [0.05, 0.1) is 19.8 Å². The van der Waals surface area contributed by atoms with E-state index in [1.54, 1.807) is 7.05 Å². The minimum atomic E-state index is 0. The molecule has 1 aromatic rings. The van der Waals surface area contributed by atoms with Gasteiger partial charge in [0.1, 0.15) is 0 Å². The van der Waals surface area contributed by atoms with Gasteiger partial charge in [0.2, 0.25) is 5.91 Å². The van der Waals surface area contributed by atoms with Gasteiger partial charge in [-0.3, -0.25) is 9.69 Å². The molecule has 0 unspecified atom stereocenters. The molecule has 126 valence electrons. The SMILES string of the molecule is CNCC(=O)NCc1ccc(CN2CCOCC2)cc1.Cl.Cl. The highest BCUT2D eigenvalue weighted by Crippen LogP contribution is 2.09. The third-order valence-corrected chi connectivity index (χ3v) is 3.36. The van der Waals surface area contributed by atoms with Gasteiger partial charge in [0.15, 0.2) is 0 Å². The number of nitrogens with one attached hydrogen (secondary N) is 2. The van der Waals surface area contributed by atoms with Gasteiger partial charge in [0.25, 0.3) is 0 Å². The van der Waals surface area contributed by atoms with E-state index in [4.69, 9.17) is 4.74 Å². The van der Waals surface area contributed by atoms with Crippen LogP contribution in [0.5, 0.6) is 0 Å². The van der Waals surface area contributed by atoms with Crippen LogP contribution in [-0.2, 0) is 22.6 Å². The normalized spacial score (nSPS) is 14.6. The first-order valence-electron chi connectivity index (χ1n) is 7.07. The minimum absolute atomic E-state index is 0. The molecular formula is C15H25Cl2N3O2. The number of likely N-dealkylation sites (N-methyl/N-ethyl adjacent to an activating group) is 1. The lowest BCUT2D eigenvalue weighted by Crippen LogP contribution is -2.35. The van der Waals surface area contributed by atoms with Crippen molar-refractivity contribution in [3.05, 3.63) is 35.4 Å². The average molecular weight is 350 g/mol. The molecule has 22 heavy (non-hydrogen) atoms. The molecule has 1 heterocycles. The molecule has 1 amide bonds. The highest BCUT2D eigenvalue weighted by Gasteiger charge is 2.10. The van der Waals surface area contributed by atoms with Gasteiger partial charge in [-0.15, -0.1) is 24.8 Å². The summed E-state index contributed by atoms with van der Waals surface area (Å²) in [5.74, 6) is 0.0184. The molecule has 0 aromatic heterocycles. The molecule has 2 N–H and O–H groups in total. The van der Waals surface area contributed by atoms with Crippen molar-refractivity contribution in [2.24, 2.45) is 0 Å². The standard InChI is InChI=1S/C15H23N3O2.2ClH/c1-16-11-15(19)17-10-13-2-4-14(5-3-13)12-18-6-8-20-9-7-18;;/h2-5,16H,6-12H2,1H3,(H,17,19);2*1H. The van der Waals surface area contributed by atoms with Gasteiger partial charge >= 0.3 is 0 Å². The fourth-order valence-electron chi connectivity index (χ4n) is 2.20. The van der Waals surface area contributed by atoms with Gasteiger partial charge in [-0.1, -0.05) is 24.3 Å². The maximum atomic E-state index is 11.4. The molecule has 7 heteroatoms. The average Bonchev–Trinajstić information content (AvgIpc) is 2.48. The Morgan fingerprint density at radius 2 is 1.73 bits per heavy atom. The molecule has 0 radical (unpaired) electrons. The summed E-state index contributed by atoms with van der Waals surface area (Å²) in [7, 11) is 1.76. The molecule has 2 rings (SSSR count). The number of halogens is 2. The second kappa shape index (κ2) is 11.7. The van der Waals surface area contributed by atoms with E-state index in [1.807, 2.05) is 0 Å². The van der Waals surface area contributed by atoms with Gasteiger partial charge in [-0.2, -0.15) is 0 Å². The number of hydrogen-bond acceptors (Lipinski definition) is 4. The van der Waals surface area contributed by atoms with Crippen molar-refractivity contribution in [2.45, 2.75) is 13.1 Å². The number of hydrogen-bond donors (Lipinski definition) is 2. The third-order valence-electron chi connectivity index (χ3n) is 3.36. The Kier molecular flexibility index (Phi) is 11.2. The van der Waals surface area contributed by atoms with Crippen LogP contribution in [0.2, 0.25) is 0 Å². The van der Waals surface area contributed by atoms with Gasteiger partial charge in [0, 0.05) is 26.2 Å². The number of ether oxygens (including phenoxy) is 1. The predicted octanol–water partition coefficient (Wildman–Crippen LogP) is 1.20. The summed E-state index contributed by atoms with van der Waals surface area (Å²) in [5, 5.41) is 5.70. The van der Waals surface area contributed by atoms with Gasteiger partial charge < -0.3 is 15.4 Å². The Labute approximate surface area is 144 Å². The number of benzene rings is 1. The van der Waals surface area contributed by atoms with Crippen LogP contribution in [0.3, 0.4) is 0 Å². The van der Waals surface area contributed by atoms with Gasteiger partial charge in [-0.25, -0.2) is 0 Å². The predicted molar refractivity (Wildman–Crippen MR) is 92.8 cm³/mol. The van der Waals surface area contributed by atoms with E-state index in [2.05, 4.69) is 39.8 Å². The summed E-state index contributed by atoms with van der Waals surface area (Å²) in [4.78, 5) is 13.7. The second-order valence-electron chi connectivity index (χ2n) is 5.01. The van der Waals surface area contributed by atoms with Crippen molar-refractivity contribution < 1.29 is 9.53 Å². The van der Waals surface area contributed by atoms with Crippen LogP contribution in [0.25, 0.3) is 0 Å². The molecule has 1 aromatic carbocycles. The molecule has 5 nitrogen and oxygen atoms in total. The lowest BCUT2D eigenvalue weighted by Gasteiger charge is -2.26. The quantitative estimate of drug-likeness (QED) is 0.810. The Hall–Kier alpha value is -0.850. The molecule has 0 atom stereocenters. The van der Waals surface area contributed by atoms with Crippen LogP contribution in [0.4, 0.5) is 0 Å². The Bertz CT molecular complexity index is 423. The molecule has 1 aliphatic rings. The zero-order valence-electron chi connectivity index (χ0n) is 12.8. The summed E-state index contributed by atoms with van der Waals surface area (Å²) in [6.45, 7) is 5.57. The highest BCUT2D eigenvalue weighted by atomic mass is 35.5. The Balaban J connectivity index is 0.00000220. The van der Waals surface area contributed by atoms with Crippen LogP contribution in [-0.4, -0.2) is 50.7 Å². The van der Waals surface area contributed by atoms with E-state index in [0.29, 0.717) is 13.1 Å². The molecular weight excluding hydrogens is 325 g/mol. The summed E-state index contributed by atoms with van der Waals surface area (Å²) >= 11 is 0. The molecule has 1 fully saturated rings. The van der Waals surface area contributed by atoms with Gasteiger partial charge in [-0.05, 0) is 18.2 Å². The van der Waals surface area contributed by atoms with Crippen LogP contribution < -0.4 is 10.6 Å². The number of carbonyl (C=O) groups excluding carboxylic acids is 1. The molecule has 1 aliphatic heterocycles. The number of rotatable bonds is 6. The van der Waals surface area contributed by atoms with Crippen molar-refractivity contribution in [3.63, 3.8) is 0 Å². The summed E-state index contributed by atoms with van der Waals surface area (Å²) < 4.78 is 5.34. The topological polar surface area (TPSA) is 53.6 Å². The van der Waals surface area contributed by atoms with E-state index < -0.39 is 0 Å². The van der Waals surface area contributed by atoms with Crippen molar-refractivity contribution in [3.8, 4) is 0 Å². The molecule has 0 saturated carbocycles. The summed E-state index contributed by atoms with van der Waals surface area (Å²) in [6, 6.07) is 8.43. The molecule has 0 spiro atoms. The van der Waals surface area contributed by atoms with Crippen molar-refractivity contribution >= 4 is 30.7 Å². The molecule has 0 bridgehead atoms. The summed E-state index contributed by atoms with van der Waals surface area (Å²) in [5.41, 5.74) is 2.43. The number of nitrogens with zero attached hydrogens (tertiary/aromatic N) is 1. The number of morpholine rings is 1. The number of amides is 1.